The summed E-state index contributed by atoms with van der Waals surface area (Å²) in [5.74, 6) is -0.666. The van der Waals surface area contributed by atoms with Crippen LogP contribution in [0.1, 0.15) is 121 Å². The lowest BCUT2D eigenvalue weighted by Gasteiger charge is -2.27. The fourth-order valence-electron chi connectivity index (χ4n) is 7.36. The van der Waals surface area contributed by atoms with Crippen LogP contribution in [0.2, 0.25) is 0 Å². The molecule has 2 aromatic heterocycles. The smallest absolute Gasteiger partial charge is 0.266 e. The Kier molecular flexibility index (Phi) is 14.4. The zero-order chi connectivity index (χ0) is 41.0. The number of ether oxygens (including phenoxy) is 1. The molecule has 1 unspecified atom stereocenters. The Morgan fingerprint density at radius 1 is 0.914 bits per heavy atom. The molecular formula is C43H55N9O6. The maximum Gasteiger partial charge on any atom is 0.266 e. The number of aromatic nitrogens is 3. The van der Waals surface area contributed by atoms with E-state index in [2.05, 4.69) is 64.5 Å². The summed E-state index contributed by atoms with van der Waals surface area (Å²) in [6.07, 6.45) is 11.1. The topological polar surface area (TPSA) is 202 Å². The number of aryl methyl sites for hydroxylation is 1. The molecule has 0 aliphatic carbocycles. The van der Waals surface area contributed by atoms with Crippen molar-refractivity contribution in [1.29, 1.82) is 0 Å². The number of imide groups is 2. The highest BCUT2D eigenvalue weighted by molar-refractivity contribution is 6.24. The number of benzene rings is 2. The maximum atomic E-state index is 13.3. The number of piperidine rings is 1. The summed E-state index contributed by atoms with van der Waals surface area (Å²) in [7, 11) is 0. The normalized spacial score (nSPS) is 15.2. The van der Waals surface area contributed by atoms with Gasteiger partial charge < -0.3 is 26.4 Å². The van der Waals surface area contributed by atoms with Crippen LogP contribution in [0.4, 0.5) is 11.6 Å². The van der Waals surface area contributed by atoms with E-state index in [4.69, 9.17) is 15.5 Å². The Hall–Kier alpha value is -5.83. The van der Waals surface area contributed by atoms with E-state index in [9.17, 15) is 24.0 Å². The summed E-state index contributed by atoms with van der Waals surface area (Å²) in [4.78, 5) is 68.6. The van der Waals surface area contributed by atoms with E-state index >= 15 is 0 Å². The summed E-state index contributed by atoms with van der Waals surface area (Å²) in [5, 5.41) is 16.8. The van der Waals surface area contributed by atoms with Gasteiger partial charge in [0.1, 0.15) is 23.4 Å². The molecule has 1 fully saturated rings. The van der Waals surface area contributed by atoms with Crippen molar-refractivity contribution >= 4 is 46.8 Å². The lowest BCUT2D eigenvalue weighted by Crippen LogP contribution is -2.54. The van der Waals surface area contributed by atoms with Crippen molar-refractivity contribution in [3.8, 4) is 5.75 Å². The van der Waals surface area contributed by atoms with E-state index < -0.39 is 29.7 Å². The van der Waals surface area contributed by atoms with Gasteiger partial charge in [0.2, 0.25) is 11.8 Å². The molecule has 4 heterocycles. The number of rotatable bonds is 22. The van der Waals surface area contributed by atoms with Gasteiger partial charge in [-0.15, -0.1) is 0 Å². The van der Waals surface area contributed by atoms with Gasteiger partial charge in [0.15, 0.2) is 12.3 Å². The minimum atomic E-state index is -1.08. The molecule has 0 radical (unpaired) electrons. The molecule has 0 saturated carbocycles. The highest BCUT2D eigenvalue weighted by atomic mass is 16.5. The van der Waals surface area contributed by atoms with Gasteiger partial charge in [0, 0.05) is 37.7 Å². The summed E-state index contributed by atoms with van der Waals surface area (Å²) in [6.45, 7) is 6.70. The highest BCUT2D eigenvalue weighted by Crippen LogP contribution is 2.33. The Balaban J connectivity index is 0.909. The number of fused-ring (bicyclic) bond motifs is 2. The average molecular weight is 794 g/mol. The largest absolute Gasteiger partial charge is 0.483 e. The van der Waals surface area contributed by atoms with Gasteiger partial charge in [-0.25, -0.2) is 4.98 Å². The van der Waals surface area contributed by atoms with Gasteiger partial charge in [-0.3, -0.25) is 34.2 Å². The zero-order valence-electron chi connectivity index (χ0n) is 33.5. The van der Waals surface area contributed by atoms with Crippen molar-refractivity contribution in [1.82, 2.24) is 30.1 Å². The molecule has 0 bridgehead atoms. The van der Waals surface area contributed by atoms with Crippen molar-refractivity contribution in [3.05, 3.63) is 82.5 Å². The van der Waals surface area contributed by atoms with Crippen LogP contribution in [-0.4, -0.2) is 81.3 Å². The first-order chi connectivity index (χ1) is 28.1. The molecule has 0 spiro atoms. The van der Waals surface area contributed by atoms with Crippen LogP contribution in [-0.2, 0) is 27.3 Å². The second kappa shape index (κ2) is 20.0. The van der Waals surface area contributed by atoms with Crippen molar-refractivity contribution < 1.29 is 28.7 Å². The van der Waals surface area contributed by atoms with E-state index in [1.165, 1.54) is 23.3 Å². The van der Waals surface area contributed by atoms with E-state index in [1.54, 1.807) is 6.07 Å². The van der Waals surface area contributed by atoms with Crippen LogP contribution < -0.4 is 31.7 Å². The van der Waals surface area contributed by atoms with Gasteiger partial charge in [0.25, 0.3) is 17.7 Å². The summed E-state index contributed by atoms with van der Waals surface area (Å²) in [6, 6.07) is 14.1. The Morgan fingerprint density at radius 3 is 2.47 bits per heavy atom. The SMILES string of the molecule is CC(C)c1cnn2c(NCc3cccc(CCCCCCNC(=O)COc4cccc5c4C(=O)N(C4CCC(=O)NC4=O)C5=O)c3)cc(NCCCCCCN)nc12. The highest BCUT2D eigenvalue weighted by Gasteiger charge is 2.46. The number of hydrogen-bond acceptors (Lipinski definition) is 11. The Morgan fingerprint density at radius 2 is 1.67 bits per heavy atom. The van der Waals surface area contributed by atoms with Crippen molar-refractivity contribution in [2.45, 2.75) is 103 Å². The predicted octanol–water partition coefficient (Wildman–Crippen LogP) is 5.10. The standard InChI is InChI=1S/C43H55N9O6/c1-28(2)32-26-48-52-36(24-35(49-40(32)52)45-21-9-6-4-8-20-44)47-25-30-15-11-14-29(23-30)13-7-3-5-10-22-46-38(54)27-58-34-17-12-16-31-39(34)43(57)51(42(31)56)33-18-19-37(53)50-41(33)55/h11-12,14-17,23-24,26,28,33,47H,3-10,13,18-22,25,27,44H2,1-2H3,(H,45,49)(H,46,54)(H,50,53,55). The molecule has 1 saturated heterocycles. The molecule has 15 heteroatoms. The second-order valence-corrected chi connectivity index (χ2v) is 15.2. The van der Waals surface area contributed by atoms with Crippen molar-refractivity contribution in [3.63, 3.8) is 0 Å². The third kappa shape index (κ3) is 10.4. The van der Waals surface area contributed by atoms with E-state index in [1.807, 2.05) is 16.8 Å². The first-order valence-electron chi connectivity index (χ1n) is 20.5. The van der Waals surface area contributed by atoms with Crippen LogP contribution in [0, 0.1) is 0 Å². The van der Waals surface area contributed by atoms with Gasteiger partial charge in [-0.2, -0.15) is 9.61 Å². The molecule has 6 N–H and O–H groups in total. The van der Waals surface area contributed by atoms with Crippen LogP contribution in [0.3, 0.4) is 0 Å². The molecule has 5 amide bonds. The quantitative estimate of drug-likeness (QED) is 0.0524. The summed E-state index contributed by atoms with van der Waals surface area (Å²) in [5.41, 5.74) is 10.2. The number of amides is 5. The van der Waals surface area contributed by atoms with Crippen LogP contribution in [0.15, 0.2) is 54.7 Å². The monoisotopic (exact) mass is 793 g/mol. The molecule has 2 aliphatic rings. The molecule has 2 aliphatic heterocycles. The average Bonchev–Trinajstić information content (AvgIpc) is 3.76. The number of unbranched alkanes of at least 4 members (excludes halogenated alkanes) is 6. The van der Waals surface area contributed by atoms with Crippen molar-refractivity contribution in [2.24, 2.45) is 5.73 Å². The molecule has 15 nitrogen and oxygen atoms in total. The third-order valence-electron chi connectivity index (χ3n) is 10.5. The van der Waals surface area contributed by atoms with Gasteiger partial charge in [0.05, 0.1) is 17.3 Å². The van der Waals surface area contributed by atoms with Crippen LogP contribution in [0.25, 0.3) is 5.65 Å². The van der Waals surface area contributed by atoms with Gasteiger partial charge >= 0.3 is 0 Å². The number of anilines is 2. The molecule has 6 rings (SSSR count). The van der Waals surface area contributed by atoms with E-state index in [0.29, 0.717) is 19.0 Å². The molecule has 58 heavy (non-hydrogen) atoms. The maximum absolute atomic E-state index is 13.3. The van der Waals surface area contributed by atoms with E-state index in [0.717, 1.165) is 98.6 Å². The first-order valence-corrected chi connectivity index (χ1v) is 20.5. The molecule has 1 atom stereocenters. The second-order valence-electron chi connectivity index (χ2n) is 15.2. The number of carbonyl (C=O) groups is 5. The number of nitrogens with two attached hydrogens (primary N) is 1. The van der Waals surface area contributed by atoms with Gasteiger partial charge in [-0.1, -0.05) is 69.9 Å². The Bertz CT molecular complexity index is 2110. The van der Waals surface area contributed by atoms with Crippen LogP contribution in [0.5, 0.6) is 5.75 Å². The molecule has 308 valence electrons. The number of nitrogens with zero attached hydrogens (tertiary/aromatic N) is 4. The third-order valence-corrected chi connectivity index (χ3v) is 10.5. The van der Waals surface area contributed by atoms with E-state index in [-0.39, 0.29) is 42.2 Å². The summed E-state index contributed by atoms with van der Waals surface area (Å²) < 4.78 is 7.57. The lowest BCUT2D eigenvalue weighted by atomic mass is 10.0. The fourth-order valence-corrected chi connectivity index (χ4v) is 7.36. The van der Waals surface area contributed by atoms with Gasteiger partial charge in [-0.05, 0) is 74.2 Å². The van der Waals surface area contributed by atoms with Crippen molar-refractivity contribution in [2.75, 3.05) is 36.9 Å². The minimum Gasteiger partial charge on any atom is -0.483 e. The molecule has 2 aromatic carbocycles. The summed E-state index contributed by atoms with van der Waals surface area (Å²) >= 11 is 0. The molecular weight excluding hydrogens is 739 g/mol. The molecule has 4 aromatic rings. The first kappa shape index (κ1) is 41.8. The minimum absolute atomic E-state index is 0.0129. The number of hydrogen-bond donors (Lipinski definition) is 5. The van der Waals surface area contributed by atoms with Crippen LogP contribution >= 0.6 is 0 Å². The Labute approximate surface area is 338 Å². The lowest BCUT2D eigenvalue weighted by molar-refractivity contribution is -0.136. The zero-order valence-corrected chi connectivity index (χ0v) is 33.5. The number of nitrogens with one attached hydrogen (secondary N) is 4. The predicted molar refractivity (Wildman–Crippen MR) is 221 cm³/mol. The number of carbonyl (C=O) groups excluding carboxylic acids is 5. The fraction of sp³-hybridized carbons (Fsp3) is 0.465.